The molecule has 6 aromatic rings. The van der Waals surface area contributed by atoms with E-state index >= 15 is 0 Å². The lowest BCUT2D eigenvalue weighted by molar-refractivity contribution is 0.304. The van der Waals surface area contributed by atoms with E-state index in [0.717, 1.165) is 110 Å². The van der Waals surface area contributed by atoms with Crippen molar-refractivity contribution in [1.82, 2.24) is 29.9 Å². The van der Waals surface area contributed by atoms with Crippen molar-refractivity contribution in [3.05, 3.63) is 127 Å². The van der Waals surface area contributed by atoms with Crippen LogP contribution in [0.4, 0.5) is 0 Å². The van der Waals surface area contributed by atoms with Crippen LogP contribution < -0.4 is 14.2 Å². The van der Waals surface area contributed by atoms with Crippen molar-refractivity contribution in [1.29, 1.82) is 0 Å². The van der Waals surface area contributed by atoms with Crippen LogP contribution in [0.1, 0.15) is 182 Å². The van der Waals surface area contributed by atoms with Crippen LogP contribution >= 0.6 is 0 Å². The minimum atomic E-state index is 0.674. The van der Waals surface area contributed by atoms with Gasteiger partial charge in [0, 0.05) is 53.9 Å². The van der Waals surface area contributed by atoms with Gasteiger partial charge in [-0.05, 0) is 146 Å². The summed E-state index contributed by atoms with van der Waals surface area (Å²) in [7, 11) is 0. The standard InChI is InChI=1S/C23H34N2O.C21H30N2O.C20H28N2O/c1-4-6-7-8-9-10-15-26-22-13-11-21(12-14-22)23-24-17-20(18-25-23)16-19(3)5-2;1-4-6-7-8-13-24-20-11-9-19(10-12-20)21-22-15-18(16-23-21)14-17(3)5-2;1-4-6-7-12-23-19-10-8-18(9-11-19)20-21-14-17(15-22-20)13-16(3)5-2/h11-14,17-19H,4-10,15-16H2,1-3H3;9-12,15-17H,4-8,13-14H2,1-3H3;8-11,14-16H,4-7,12-13H2,1-3H3. The molecule has 6 rings (SSSR count). The monoisotopic (exact) mass is 993 g/mol. The first-order valence-electron chi connectivity index (χ1n) is 28.3. The first-order chi connectivity index (χ1) is 35.7. The molecule has 3 atom stereocenters. The minimum Gasteiger partial charge on any atom is -0.494 e. The fourth-order valence-electron chi connectivity index (χ4n) is 7.90. The van der Waals surface area contributed by atoms with Crippen molar-refractivity contribution in [2.45, 2.75) is 184 Å². The van der Waals surface area contributed by atoms with Gasteiger partial charge < -0.3 is 14.2 Å². The van der Waals surface area contributed by atoms with Gasteiger partial charge in [-0.2, -0.15) is 0 Å². The Balaban J connectivity index is 0.000000238. The number of benzene rings is 3. The summed E-state index contributed by atoms with van der Waals surface area (Å²) in [6, 6.07) is 24.2. The van der Waals surface area contributed by atoms with Crippen LogP contribution in [0.2, 0.25) is 0 Å². The van der Waals surface area contributed by atoms with Gasteiger partial charge >= 0.3 is 0 Å². The second-order valence-electron chi connectivity index (χ2n) is 20.1. The van der Waals surface area contributed by atoms with Gasteiger partial charge in [0.15, 0.2) is 17.5 Å². The van der Waals surface area contributed by atoms with Crippen molar-refractivity contribution < 1.29 is 14.2 Å². The fraction of sp³-hybridized carbons (Fsp3) is 0.531. The van der Waals surface area contributed by atoms with Crippen LogP contribution in [-0.4, -0.2) is 49.7 Å². The summed E-state index contributed by atoms with van der Waals surface area (Å²) in [6.45, 7) is 22.5. The largest absolute Gasteiger partial charge is 0.494 e. The molecule has 0 aliphatic rings. The second kappa shape index (κ2) is 36.3. The number of nitrogens with zero attached hydrogens (tertiary/aromatic N) is 6. The molecule has 3 aromatic heterocycles. The third kappa shape index (κ3) is 24.3. The molecule has 9 nitrogen and oxygen atoms in total. The Labute approximate surface area is 442 Å². The lowest BCUT2D eigenvalue weighted by atomic mass is 10.0. The third-order valence-electron chi connectivity index (χ3n) is 13.3. The Kier molecular flexibility index (Phi) is 29.7. The summed E-state index contributed by atoms with van der Waals surface area (Å²) in [4.78, 5) is 27.1. The molecule has 0 radical (unpaired) electrons. The average Bonchev–Trinajstić information content (AvgIpc) is 3.43. The lowest BCUT2D eigenvalue weighted by Gasteiger charge is -2.09. The summed E-state index contributed by atoms with van der Waals surface area (Å²) in [5, 5.41) is 0. The van der Waals surface area contributed by atoms with Crippen LogP contribution in [0.15, 0.2) is 110 Å². The highest BCUT2D eigenvalue weighted by Gasteiger charge is 2.09. The first kappa shape index (κ1) is 59.9. The number of ether oxygens (including phenoxy) is 3. The molecule has 396 valence electrons. The van der Waals surface area contributed by atoms with E-state index in [-0.39, 0.29) is 0 Å². The van der Waals surface area contributed by atoms with Crippen LogP contribution in [0, 0.1) is 17.8 Å². The van der Waals surface area contributed by atoms with Gasteiger partial charge in [0.1, 0.15) is 17.2 Å². The molecule has 0 fully saturated rings. The van der Waals surface area contributed by atoms with E-state index in [2.05, 4.69) is 92.2 Å². The molecule has 3 unspecified atom stereocenters. The van der Waals surface area contributed by atoms with E-state index in [1.54, 1.807) is 0 Å². The number of unbranched alkanes of at least 4 members (excludes halogenated alkanes) is 10. The molecule has 3 aromatic carbocycles. The molecule has 0 saturated carbocycles. The second-order valence-corrected chi connectivity index (χ2v) is 20.1. The molecular weight excluding hydrogens is 901 g/mol. The van der Waals surface area contributed by atoms with Gasteiger partial charge in [-0.25, -0.2) is 29.9 Å². The van der Waals surface area contributed by atoms with Crippen LogP contribution in [0.5, 0.6) is 17.2 Å². The van der Waals surface area contributed by atoms with E-state index < -0.39 is 0 Å². The predicted molar refractivity (Wildman–Crippen MR) is 305 cm³/mol. The molecule has 0 aliphatic heterocycles. The van der Waals surface area contributed by atoms with E-state index in [1.807, 2.05) is 110 Å². The minimum absolute atomic E-state index is 0.674. The summed E-state index contributed by atoms with van der Waals surface area (Å²) < 4.78 is 17.3. The third-order valence-corrected chi connectivity index (χ3v) is 13.3. The highest BCUT2D eigenvalue weighted by atomic mass is 16.5. The van der Waals surface area contributed by atoms with Crippen molar-refractivity contribution >= 4 is 0 Å². The van der Waals surface area contributed by atoms with Gasteiger partial charge in [-0.1, -0.05) is 146 Å². The maximum absolute atomic E-state index is 5.84. The number of hydrogen-bond donors (Lipinski definition) is 0. The molecule has 9 heteroatoms. The highest BCUT2D eigenvalue weighted by molar-refractivity contribution is 5.57. The van der Waals surface area contributed by atoms with E-state index in [1.165, 1.54) is 100 Å². The zero-order chi connectivity index (χ0) is 52.3. The fourth-order valence-corrected chi connectivity index (χ4v) is 7.90. The molecule has 0 N–H and O–H groups in total. The summed E-state index contributed by atoms with van der Waals surface area (Å²) in [6.07, 6.45) is 34.5. The van der Waals surface area contributed by atoms with Gasteiger partial charge in [-0.3, -0.25) is 0 Å². The van der Waals surface area contributed by atoms with Crippen LogP contribution in [0.3, 0.4) is 0 Å². The van der Waals surface area contributed by atoms with Gasteiger partial charge in [0.25, 0.3) is 0 Å². The molecule has 0 aliphatic carbocycles. The summed E-state index contributed by atoms with van der Waals surface area (Å²) >= 11 is 0. The molecular formula is C64H92N6O3. The quantitative estimate of drug-likeness (QED) is 0.0394. The zero-order valence-electron chi connectivity index (χ0n) is 46.6. The highest BCUT2D eigenvalue weighted by Crippen LogP contribution is 2.24. The molecule has 0 saturated heterocycles. The van der Waals surface area contributed by atoms with E-state index in [4.69, 9.17) is 14.2 Å². The Bertz CT molecular complexity index is 2270. The van der Waals surface area contributed by atoms with Gasteiger partial charge in [0.05, 0.1) is 19.8 Å². The zero-order valence-corrected chi connectivity index (χ0v) is 46.6. The molecule has 73 heavy (non-hydrogen) atoms. The molecule has 0 amide bonds. The Morgan fingerprint density at radius 2 is 0.548 bits per heavy atom. The Hall–Kier alpha value is -5.70. The SMILES string of the molecule is CCCCCCCCOc1ccc(-c2ncc(CC(C)CC)cn2)cc1.CCCCCCOc1ccc(-c2ncc(CC(C)CC)cn2)cc1.CCCCCOc1ccc(-c2ncc(CC(C)CC)cn2)cc1. The first-order valence-corrected chi connectivity index (χ1v) is 28.3. The van der Waals surface area contributed by atoms with Crippen molar-refractivity contribution in [3.8, 4) is 51.4 Å². The maximum atomic E-state index is 5.84. The topological polar surface area (TPSA) is 105 Å². The molecule has 0 bridgehead atoms. The molecule has 0 spiro atoms. The summed E-state index contributed by atoms with van der Waals surface area (Å²) in [5.41, 5.74) is 6.72. The number of aromatic nitrogens is 6. The lowest BCUT2D eigenvalue weighted by Crippen LogP contribution is -2.00. The maximum Gasteiger partial charge on any atom is 0.159 e. The van der Waals surface area contributed by atoms with Crippen molar-refractivity contribution in [2.24, 2.45) is 17.8 Å². The van der Waals surface area contributed by atoms with E-state index in [0.29, 0.717) is 17.8 Å². The predicted octanol–water partition coefficient (Wildman–Crippen LogP) is 17.5. The number of hydrogen-bond acceptors (Lipinski definition) is 9. The Morgan fingerprint density at radius 1 is 0.315 bits per heavy atom. The smallest absolute Gasteiger partial charge is 0.159 e. The van der Waals surface area contributed by atoms with E-state index in [9.17, 15) is 0 Å². The normalized spacial score (nSPS) is 12.1. The average molecular weight is 993 g/mol. The van der Waals surface area contributed by atoms with Crippen LogP contribution in [0.25, 0.3) is 34.2 Å². The van der Waals surface area contributed by atoms with Crippen molar-refractivity contribution in [3.63, 3.8) is 0 Å². The molecule has 3 heterocycles. The summed E-state index contributed by atoms with van der Waals surface area (Å²) in [5.74, 6) is 7.11. The van der Waals surface area contributed by atoms with Crippen molar-refractivity contribution in [2.75, 3.05) is 19.8 Å². The number of rotatable bonds is 31. The Morgan fingerprint density at radius 3 is 0.822 bits per heavy atom. The van der Waals surface area contributed by atoms with Gasteiger partial charge in [-0.15, -0.1) is 0 Å². The van der Waals surface area contributed by atoms with Gasteiger partial charge in [0.2, 0.25) is 0 Å². The van der Waals surface area contributed by atoms with Crippen LogP contribution in [-0.2, 0) is 19.3 Å².